The predicted molar refractivity (Wildman–Crippen MR) is 90.6 cm³/mol. The van der Waals surface area contributed by atoms with Crippen LogP contribution in [0.2, 0.25) is 11.3 Å². The SMILES string of the molecule is CNCc1cc2c(cc1Cl)C[C@H](CCCB(O)O)[C@]2(C)C(=O)O. The summed E-state index contributed by atoms with van der Waals surface area (Å²) in [4.78, 5) is 12.0. The van der Waals surface area contributed by atoms with Crippen molar-refractivity contribution in [3.8, 4) is 0 Å². The molecule has 7 heteroatoms. The number of hydrogen-bond donors (Lipinski definition) is 4. The smallest absolute Gasteiger partial charge is 0.451 e. The van der Waals surface area contributed by atoms with Crippen molar-refractivity contribution in [3.05, 3.63) is 33.8 Å². The summed E-state index contributed by atoms with van der Waals surface area (Å²) in [6, 6.07) is 3.79. The van der Waals surface area contributed by atoms with Crippen molar-refractivity contribution < 1.29 is 19.9 Å². The molecule has 0 heterocycles. The van der Waals surface area contributed by atoms with Gasteiger partial charge in [-0.2, -0.15) is 0 Å². The lowest BCUT2D eigenvalue weighted by Gasteiger charge is -2.28. The first-order valence-corrected chi connectivity index (χ1v) is 8.24. The molecule has 2 atom stereocenters. The number of carbonyl (C=O) groups is 1. The Morgan fingerprint density at radius 3 is 2.74 bits per heavy atom. The fourth-order valence-electron chi connectivity index (χ4n) is 3.55. The second-order valence-corrected chi connectivity index (χ2v) is 6.86. The molecule has 0 bridgehead atoms. The standard InChI is InChI=1S/C16H23BClNO4/c1-16(15(20)21)12(4-3-5-17(22)23)6-10-8-14(18)11(9-19-2)7-13(10)16/h7-8,12,19,22-23H,3-6,9H2,1-2H3,(H,20,21)/t12-,16-/m0/s1. The van der Waals surface area contributed by atoms with Gasteiger partial charge in [-0.15, -0.1) is 0 Å². The number of fused-ring (bicyclic) bond motifs is 1. The normalized spacial score (nSPS) is 22.9. The van der Waals surface area contributed by atoms with Crippen LogP contribution in [0.3, 0.4) is 0 Å². The number of carboxylic acid groups (broad SMARTS) is 1. The van der Waals surface area contributed by atoms with Crippen LogP contribution in [0.15, 0.2) is 12.1 Å². The maximum absolute atomic E-state index is 12.0. The Morgan fingerprint density at radius 2 is 2.17 bits per heavy atom. The fraction of sp³-hybridized carbons (Fsp3) is 0.562. The van der Waals surface area contributed by atoms with Gasteiger partial charge in [0.25, 0.3) is 0 Å². The van der Waals surface area contributed by atoms with Crippen LogP contribution in [-0.2, 0) is 23.2 Å². The van der Waals surface area contributed by atoms with Crippen LogP contribution in [0.1, 0.15) is 36.5 Å². The number of rotatable bonds is 7. The van der Waals surface area contributed by atoms with Crippen LogP contribution in [0.25, 0.3) is 0 Å². The number of benzene rings is 1. The third-order valence-electron chi connectivity index (χ3n) is 4.94. The van der Waals surface area contributed by atoms with Gasteiger partial charge in [0.05, 0.1) is 5.41 Å². The molecule has 1 aromatic carbocycles. The second kappa shape index (κ2) is 7.22. The zero-order valence-electron chi connectivity index (χ0n) is 13.5. The first-order valence-electron chi connectivity index (χ1n) is 7.86. The number of aliphatic carboxylic acids is 1. The maximum atomic E-state index is 12.0. The Hall–Kier alpha value is -1.08. The first kappa shape index (κ1) is 18.3. The maximum Gasteiger partial charge on any atom is 0.451 e. The minimum absolute atomic E-state index is 0.0744. The summed E-state index contributed by atoms with van der Waals surface area (Å²) < 4.78 is 0. The van der Waals surface area contributed by atoms with Crippen LogP contribution < -0.4 is 5.32 Å². The predicted octanol–water partition coefficient (Wildman–Crippen LogP) is 1.83. The van der Waals surface area contributed by atoms with E-state index < -0.39 is 18.5 Å². The molecule has 5 nitrogen and oxygen atoms in total. The van der Waals surface area contributed by atoms with Gasteiger partial charge in [0.1, 0.15) is 0 Å². The lowest BCUT2D eigenvalue weighted by atomic mass is 9.72. The van der Waals surface area contributed by atoms with Crippen molar-refractivity contribution in [1.82, 2.24) is 5.32 Å². The van der Waals surface area contributed by atoms with Crippen LogP contribution in [-0.4, -0.2) is 35.3 Å². The molecule has 126 valence electrons. The monoisotopic (exact) mass is 339 g/mol. The molecule has 1 aliphatic carbocycles. The summed E-state index contributed by atoms with van der Waals surface area (Å²) in [5.74, 6) is -0.918. The average Bonchev–Trinajstić information content (AvgIpc) is 2.73. The number of nitrogens with one attached hydrogen (secondary N) is 1. The van der Waals surface area contributed by atoms with Crippen molar-refractivity contribution in [2.75, 3.05) is 7.05 Å². The molecule has 0 saturated carbocycles. The summed E-state index contributed by atoms with van der Waals surface area (Å²) in [6.07, 6.45) is 2.12. The zero-order valence-corrected chi connectivity index (χ0v) is 14.2. The molecule has 0 aromatic heterocycles. The van der Waals surface area contributed by atoms with Crippen LogP contribution in [0.5, 0.6) is 0 Å². The molecule has 23 heavy (non-hydrogen) atoms. The quantitative estimate of drug-likeness (QED) is 0.569. The highest BCUT2D eigenvalue weighted by atomic mass is 35.5. The largest absolute Gasteiger partial charge is 0.481 e. The van der Waals surface area contributed by atoms with Gasteiger partial charge in [-0.05, 0) is 61.8 Å². The summed E-state index contributed by atoms with van der Waals surface area (Å²) in [5.41, 5.74) is 1.73. The van der Waals surface area contributed by atoms with E-state index in [9.17, 15) is 9.90 Å². The molecule has 0 fully saturated rings. The topological polar surface area (TPSA) is 89.8 Å². The molecule has 0 aliphatic heterocycles. The van der Waals surface area contributed by atoms with Gasteiger partial charge in [-0.25, -0.2) is 0 Å². The lowest BCUT2D eigenvalue weighted by molar-refractivity contribution is -0.145. The van der Waals surface area contributed by atoms with Crippen molar-refractivity contribution in [1.29, 1.82) is 0 Å². The number of carboxylic acids is 1. The van der Waals surface area contributed by atoms with Crippen molar-refractivity contribution in [3.63, 3.8) is 0 Å². The van der Waals surface area contributed by atoms with E-state index >= 15 is 0 Å². The Kier molecular flexibility index (Phi) is 5.73. The molecular formula is C16H23BClNO4. The molecule has 4 N–H and O–H groups in total. The molecule has 1 aliphatic rings. The highest BCUT2D eigenvalue weighted by molar-refractivity contribution is 6.40. The summed E-state index contributed by atoms with van der Waals surface area (Å²) in [6.45, 7) is 2.35. The van der Waals surface area contributed by atoms with Gasteiger partial charge in [-0.3, -0.25) is 4.79 Å². The molecule has 0 spiro atoms. The summed E-state index contributed by atoms with van der Waals surface area (Å²) in [7, 11) is 0.481. The second-order valence-electron chi connectivity index (χ2n) is 6.45. The fourth-order valence-corrected chi connectivity index (χ4v) is 3.81. The van der Waals surface area contributed by atoms with E-state index in [1.54, 1.807) is 6.92 Å². The number of halogens is 1. The van der Waals surface area contributed by atoms with E-state index in [4.69, 9.17) is 21.6 Å². The van der Waals surface area contributed by atoms with E-state index in [0.29, 0.717) is 30.8 Å². The number of hydrogen-bond acceptors (Lipinski definition) is 4. The molecule has 2 rings (SSSR count). The first-order chi connectivity index (χ1) is 10.8. The van der Waals surface area contributed by atoms with E-state index in [0.717, 1.165) is 16.7 Å². The highest BCUT2D eigenvalue weighted by Gasteiger charge is 2.48. The Bertz CT molecular complexity index is 596. The van der Waals surface area contributed by atoms with E-state index in [1.807, 2.05) is 19.2 Å². The van der Waals surface area contributed by atoms with Gasteiger partial charge >= 0.3 is 13.1 Å². The van der Waals surface area contributed by atoms with Crippen molar-refractivity contribution in [2.45, 2.75) is 44.5 Å². The minimum atomic E-state index is -1.34. The summed E-state index contributed by atoms with van der Waals surface area (Å²) in [5, 5.41) is 31.5. The van der Waals surface area contributed by atoms with Crippen molar-refractivity contribution in [2.24, 2.45) is 5.92 Å². The molecule has 0 amide bonds. The zero-order chi connectivity index (χ0) is 17.2. The molecule has 0 unspecified atom stereocenters. The van der Waals surface area contributed by atoms with Gasteiger partial charge in [0.2, 0.25) is 0 Å². The third kappa shape index (κ3) is 3.55. The lowest BCUT2D eigenvalue weighted by Crippen LogP contribution is -2.37. The van der Waals surface area contributed by atoms with Crippen LogP contribution >= 0.6 is 11.6 Å². The van der Waals surface area contributed by atoms with Crippen molar-refractivity contribution >= 4 is 24.7 Å². The highest BCUT2D eigenvalue weighted by Crippen LogP contribution is 2.47. The van der Waals surface area contributed by atoms with Gasteiger partial charge in [0.15, 0.2) is 0 Å². The Labute approximate surface area is 141 Å². The van der Waals surface area contributed by atoms with E-state index in [2.05, 4.69) is 5.32 Å². The molecule has 0 radical (unpaired) electrons. The Morgan fingerprint density at radius 1 is 1.48 bits per heavy atom. The third-order valence-corrected chi connectivity index (χ3v) is 5.29. The summed E-state index contributed by atoms with van der Waals surface area (Å²) >= 11 is 6.30. The van der Waals surface area contributed by atoms with Gasteiger partial charge < -0.3 is 20.5 Å². The van der Waals surface area contributed by atoms with Crippen LogP contribution in [0.4, 0.5) is 0 Å². The average molecular weight is 340 g/mol. The van der Waals surface area contributed by atoms with Gasteiger partial charge in [0, 0.05) is 11.6 Å². The molecular weight excluding hydrogens is 316 g/mol. The van der Waals surface area contributed by atoms with E-state index in [-0.39, 0.29) is 12.2 Å². The van der Waals surface area contributed by atoms with Crippen LogP contribution in [0, 0.1) is 5.92 Å². The molecule has 0 saturated heterocycles. The van der Waals surface area contributed by atoms with E-state index in [1.165, 1.54) is 0 Å². The molecule has 1 aromatic rings. The van der Waals surface area contributed by atoms with Gasteiger partial charge in [-0.1, -0.05) is 24.1 Å². The minimum Gasteiger partial charge on any atom is -0.481 e. The Balaban J connectivity index is 2.33.